The van der Waals surface area contributed by atoms with E-state index in [-0.39, 0.29) is 4.90 Å². The van der Waals surface area contributed by atoms with Crippen LogP contribution in [0.15, 0.2) is 88.9 Å². The largest absolute Gasteiger partial charge is 0.273 e. The van der Waals surface area contributed by atoms with E-state index in [1.54, 1.807) is 49.0 Å². The molecule has 0 saturated heterocycles. The van der Waals surface area contributed by atoms with E-state index in [0.717, 1.165) is 17.0 Å². The highest BCUT2D eigenvalue weighted by Crippen LogP contribution is 2.29. The highest BCUT2D eigenvalue weighted by molar-refractivity contribution is 7.98. The van der Waals surface area contributed by atoms with Gasteiger partial charge in [-0.15, -0.1) is 10.2 Å². The zero-order valence-corrected chi connectivity index (χ0v) is 20.4. The number of nitrogens with zero attached hydrogens (tertiary/aromatic N) is 3. The van der Waals surface area contributed by atoms with Gasteiger partial charge in [-0.05, 0) is 56.2 Å². The second-order valence-electron chi connectivity index (χ2n) is 7.88. The number of thioether (sulfide) groups is 1. The quantitative estimate of drug-likeness (QED) is 0.352. The summed E-state index contributed by atoms with van der Waals surface area (Å²) < 4.78 is 30.5. The monoisotopic (exact) mass is 478 g/mol. The molecule has 0 fully saturated rings. The summed E-state index contributed by atoms with van der Waals surface area (Å²) in [5.74, 6) is 1.27. The average molecular weight is 479 g/mol. The lowest BCUT2D eigenvalue weighted by Gasteiger charge is -2.17. The summed E-state index contributed by atoms with van der Waals surface area (Å²) in [5.41, 5.74) is 4.47. The number of benzene rings is 3. The summed E-state index contributed by atoms with van der Waals surface area (Å²) in [5, 5.41) is 9.53. The molecular weight excluding hydrogens is 452 g/mol. The van der Waals surface area contributed by atoms with Gasteiger partial charge in [0.1, 0.15) is 0 Å². The summed E-state index contributed by atoms with van der Waals surface area (Å²) in [4.78, 5) is 0.215. The van der Waals surface area contributed by atoms with Crippen LogP contribution in [-0.2, 0) is 15.8 Å². The number of aryl methyl sites for hydroxylation is 2. The molecule has 1 aromatic heterocycles. The third kappa shape index (κ3) is 5.35. The molecule has 4 aromatic rings. The molecule has 4 rings (SSSR count). The lowest BCUT2D eigenvalue weighted by atomic mass is 10.1. The third-order valence-electron chi connectivity index (χ3n) is 5.34. The van der Waals surface area contributed by atoms with Gasteiger partial charge in [-0.2, -0.15) is 0 Å². The molecular formula is C25H26N4O2S2. The number of rotatable bonds is 8. The van der Waals surface area contributed by atoms with E-state index in [4.69, 9.17) is 0 Å². The van der Waals surface area contributed by atoms with Crippen molar-refractivity contribution in [2.45, 2.75) is 42.6 Å². The molecule has 1 unspecified atom stereocenters. The zero-order chi connectivity index (χ0) is 23.4. The Kier molecular flexibility index (Phi) is 6.97. The minimum Gasteiger partial charge on any atom is -0.273 e. The fourth-order valence-electron chi connectivity index (χ4n) is 3.46. The molecule has 0 aliphatic rings. The van der Waals surface area contributed by atoms with Gasteiger partial charge >= 0.3 is 0 Å². The summed E-state index contributed by atoms with van der Waals surface area (Å²) >= 11 is 1.58. The molecule has 0 aliphatic carbocycles. The van der Waals surface area contributed by atoms with Gasteiger partial charge in [0.05, 0.1) is 10.9 Å². The normalized spacial score (nSPS) is 12.6. The number of nitrogens with one attached hydrogen (secondary N) is 1. The summed E-state index contributed by atoms with van der Waals surface area (Å²) in [6.07, 6.45) is 0. The number of hydrogen-bond donors (Lipinski definition) is 1. The molecule has 0 bridgehead atoms. The van der Waals surface area contributed by atoms with Crippen molar-refractivity contribution in [3.8, 4) is 5.69 Å². The smallest absolute Gasteiger partial charge is 0.241 e. The fraction of sp³-hybridized carbons (Fsp3) is 0.200. The molecule has 0 aliphatic heterocycles. The fourth-order valence-corrected chi connectivity index (χ4v) is 5.72. The van der Waals surface area contributed by atoms with Crippen LogP contribution in [0.4, 0.5) is 0 Å². The molecule has 1 atom stereocenters. The second kappa shape index (κ2) is 9.91. The molecule has 6 nitrogen and oxygen atoms in total. The summed E-state index contributed by atoms with van der Waals surface area (Å²) in [6.45, 7) is 5.90. The lowest BCUT2D eigenvalue weighted by Crippen LogP contribution is -2.28. The molecule has 1 heterocycles. The minimum absolute atomic E-state index is 0.215. The Morgan fingerprint density at radius 2 is 1.58 bits per heavy atom. The lowest BCUT2D eigenvalue weighted by molar-refractivity contribution is 0.556. The maximum atomic E-state index is 12.9. The molecule has 8 heteroatoms. The van der Waals surface area contributed by atoms with E-state index in [1.807, 2.05) is 47.9 Å². The average Bonchev–Trinajstić information content (AvgIpc) is 3.23. The van der Waals surface area contributed by atoms with Gasteiger partial charge in [0.25, 0.3) is 0 Å². The van der Waals surface area contributed by atoms with E-state index in [9.17, 15) is 8.42 Å². The number of sulfonamides is 1. The molecule has 0 amide bonds. The Labute approximate surface area is 199 Å². The van der Waals surface area contributed by atoms with Crippen LogP contribution in [-0.4, -0.2) is 23.2 Å². The standard InChI is InChI=1S/C25H26N4O2S2/c1-18-13-15-22(16-14-18)29-24(20(3)28-33(30,31)23-11-5-4-6-12-23)26-27-25(29)32-17-21-10-8-7-9-19(21)2/h4-16,20,28H,17H2,1-3H3. The van der Waals surface area contributed by atoms with Crippen molar-refractivity contribution in [3.63, 3.8) is 0 Å². The number of aromatic nitrogens is 3. The molecule has 0 spiro atoms. The van der Waals surface area contributed by atoms with Crippen LogP contribution >= 0.6 is 11.8 Å². The Hall–Kier alpha value is -2.94. The summed E-state index contributed by atoms with van der Waals surface area (Å²) in [7, 11) is -3.70. The van der Waals surface area contributed by atoms with E-state index in [0.29, 0.717) is 11.0 Å². The van der Waals surface area contributed by atoms with Crippen molar-refractivity contribution in [2.75, 3.05) is 0 Å². The van der Waals surface area contributed by atoms with E-state index >= 15 is 0 Å². The number of hydrogen-bond acceptors (Lipinski definition) is 5. The van der Waals surface area contributed by atoms with Crippen LogP contribution in [0.2, 0.25) is 0 Å². The van der Waals surface area contributed by atoms with Gasteiger partial charge in [0.15, 0.2) is 11.0 Å². The first kappa shape index (κ1) is 23.2. The third-order valence-corrected chi connectivity index (χ3v) is 7.88. The molecule has 3 aromatic carbocycles. The Morgan fingerprint density at radius 3 is 2.27 bits per heavy atom. The Bertz CT molecular complexity index is 1330. The van der Waals surface area contributed by atoms with Gasteiger partial charge in [-0.1, -0.05) is 71.9 Å². The molecule has 1 N–H and O–H groups in total. The van der Waals surface area contributed by atoms with E-state index in [2.05, 4.69) is 34.0 Å². The van der Waals surface area contributed by atoms with Crippen molar-refractivity contribution in [1.82, 2.24) is 19.5 Å². The predicted octanol–water partition coefficient (Wildman–Crippen LogP) is 5.22. The van der Waals surface area contributed by atoms with Crippen LogP contribution in [0.3, 0.4) is 0 Å². The summed E-state index contributed by atoms with van der Waals surface area (Å²) in [6, 6.07) is 24.0. The molecule has 33 heavy (non-hydrogen) atoms. The molecule has 0 radical (unpaired) electrons. The SMILES string of the molecule is Cc1ccc(-n2c(SCc3ccccc3C)nnc2C(C)NS(=O)(=O)c2ccccc2)cc1. The molecule has 0 saturated carbocycles. The Balaban J connectivity index is 1.67. The van der Waals surface area contributed by atoms with Gasteiger partial charge in [0, 0.05) is 11.4 Å². The van der Waals surface area contributed by atoms with Crippen LogP contribution < -0.4 is 4.72 Å². The minimum atomic E-state index is -3.70. The van der Waals surface area contributed by atoms with Gasteiger partial charge in [-0.3, -0.25) is 4.57 Å². The van der Waals surface area contributed by atoms with Crippen molar-refractivity contribution in [3.05, 3.63) is 101 Å². The maximum absolute atomic E-state index is 12.9. The van der Waals surface area contributed by atoms with Gasteiger partial charge < -0.3 is 0 Å². The first-order chi connectivity index (χ1) is 15.8. The van der Waals surface area contributed by atoms with Gasteiger partial charge in [0.2, 0.25) is 10.0 Å². The zero-order valence-electron chi connectivity index (χ0n) is 18.8. The first-order valence-electron chi connectivity index (χ1n) is 10.6. The molecule has 170 valence electrons. The predicted molar refractivity (Wildman–Crippen MR) is 132 cm³/mol. The van der Waals surface area contributed by atoms with E-state index < -0.39 is 16.1 Å². The van der Waals surface area contributed by atoms with Crippen LogP contribution in [0.25, 0.3) is 5.69 Å². The topological polar surface area (TPSA) is 76.9 Å². The van der Waals surface area contributed by atoms with Crippen molar-refractivity contribution >= 4 is 21.8 Å². The van der Waals surface area contributed by atoms with Gasteiger partial charge in [-0.25, -0.2) is 13.1 Å². The maximum Gasteiger partial charge on any atom is 0.241 e. The van der Waals surface area contributed by atoms with E-state index in [1.165, 1.54) is 11.1 Å². The highest BCUT2D eigenvalue weighted by Gasteiger charge is 2.24. The van der Waals surface area contributed by atoms with Crippen LogP contribution in [0, 0.1) is 13.8 Å². The first-order valence-corrected chi connectivity index (χ1v) is 13.1. The van der Waals surface area contributed by atoms with Crippen LogP contribution in [0.1, 0.15) is 35.5 Å². The van der Waals surface area contributed by atoms with Crippen molar-refractivity contribution in [1.29, 1.82) is 0 Å². The van der Waals surface area contributed by atoms with Crippen molar-refractivity contribution in [2.24, 2.45) is 0 Å². The van der Waals surface area contributed by atoms with Crippen molar-refractivity contribution < 1.29 is 8.42 Å². The highest BCUT2D eigenvalue weighted by atomic mass is 32.2. The second-order valence-corrected chi connectivity index (χ2v) is 10.5. The Morgan fingerprint density at radius 1 is 0.909 bits per heavy atom. The van der Waals surface area contributed by atoms with Crippen LogP contribution in [0.5, 0.6) is 0 Å².